The molecule has 2 N–H and O–H groups in total. The number of nitrogens with two attached hydrogens (primary N) is 1. The monoisotopic (exact) mass is 193 g/mol. The number of benzene rings is 1. The second kappa shape index (κ2) is 3.98. The number of hydrogen-bond acceptors (Lipinski definition) is 3. The van der Waals surface area contributed by atoms with Crippen molar-refractivity contribution < 1.29 is 9.47 Å². The van der Waals surface area contributed by atoms with E-state index < -0.39 is 0 Å². The Kier molecular flexibility index (Phi) is 2.70. The van der Waals surface area contributed by atoms with Crippen LogP contribution in [0.2, 0.25) is 0 Å². The molecule has 1 aromatic rings. The van der Waals surface area contributed by atoms with Crippen LogP contribution < -0.4 is 10.5 Å². The summed E-state index contributed by atoms with van der Waals surface area (Å²) in [6.07, 6.45) is 2.10. The molecule has 2 rings (SSSR count). The van der Waals surface area contributed by atoms with E-state index in [0.29, 0.717) is 6.79 Å². The van der Waals surface area contributed by atoms with Gasteiger partial charge in [-0.05, 0) is 36.1 Å². The summed E-state index contributed by atoms with van der Waals surface area (Å²) in [6.45, 7) is 0.296. The summed E-state index contributed by atoms with van der Waals surface area (Å²) >= 11 is 0. The molecule has 0 amide bonds. The molecule has 1 unspecified atom stereocenters. The molecule has 0 bridgehead atoms. The molecule has 3 nitrogen and oxygen atoms in total. The summed E-state index contributed by atoms with van der Waals surface area (Å²) < 4.78 is 10.2. The van der Waals surface area contributed by atoms with Crippen LogP contribution in [0.5, 0.6) is 5.75 Å². The van der Waals surface area contributed by atoms with Crippen molar-refractivity contribution in [2.75, 3.05) is 13.9 Å². The molecule has 3 heteroatoms. The zero-order valence-electron chi connectivity index (χ0n) is 8.32. The van der Waals surface area contributed by atoms with E-state index in [1.54, 1.807) is 7.11 Å². The first-order chi connectivity index (χ1) is 6.81. The van der Waals surface area contributed by atoms with Gasteiger partial charge in [0.05, 0.1) is 0 Å². The van der Waals surface area contributed by atoms with E-state index in [9.17, 15) is 0 Å². The lowest BCUT2D eigenvalue weighted by molar-refractivity contribution is 0.0511. The van der Waals surface area contributed by atoms with E-state index in [1.165, 1.54) is 11.1 Å². The zero-order chi connectivity index (χ0) is 9.97. The Morgan fingerprint density at radius 3 is 3.14 bits per heavy atom. The summed E-state index contributed by atoms with van der Waals surface area (Å²) in [6, 6.07) is 6.27. The fraction of sp³-hybridized carbons (Fsp3) is 0.455. The van der Waals surface area contributed by atoms with Gasteiger partial charge in [0.25, 0.3) is 0 Å². The Balaban J connectivity index is 2.15. The van der Waals surface area contributed by atoms with Crippen molar-refractivity contribution in [1.82, 2.24) is 0 Å². The molecule has 0 saturated heterocycles. The van der Waals surface area contributed by atoms with Gasteiger partial charge in [-0.25, -0.2) is 0 Å². The molecule has 0 aliphatic heterocycles. The molecule has 0 spiro atoms. The van der Waals surface area contributed by atoms with Gasteiger partial charge in [-0.3, -0.25) is 0 Å². The fourth-order valence-electron chi connectivity index (χ4n) is 1.84. The molecule has 1 aliphatic rings. The number of fused-ring (bicyclic) bond motifs is 1. The normalized spacial score (nSPS) is 19.4. The second-order valence-corrected chi connectivity index (χ2v) is 3.56. The van der Waals surface area contributed by atoms with Gasteiger partial charge < -0.3 is 15.2 Å². The lowest BCUT2D eigenvalue weighted by atomic mass is 10.1. The minimum atomic E-state index is 0.210. The summed E-state index contributed by atoms with van der Waals surface area (Å²) in [5.41, 5.74) is 8.50. The lowest BCUT2D eigenvalue weighted by Gasteiger charge is -2.08. The summed E-state index contributed by atoms with van der Waals surface area (Å²) in [7, 11) is 1.61. The first-order valence-corrected chi connectivity index (χ1v) is 4.81. The predicted octanol–water partition coefficient (Wildman–Crippen LogP) is 1.62. The van der Waals surface area contributed by atoms with E-state index in [2.05, 4.69) is 12.1 Å². The quantitative estimate of drug-likeness (QED) is 0.742. The summed E-state index contributed by atoms with van der Waals surface area (Å²) in [5.74, 6) is 0.861. The third kappa shape index (κ3) is 1.74. The van der Waals surface area contributed by atoms with Gasteiger partial charge in [-0.15, -0.1) is 0 Å². The van der Waals surface area contributed by atoms with E-state index in [-0.39, 0.29) is 6.04 Å². The number of rotatable bonds is 3. The number of ether oxygens (including phenoxy) is 2. The number of hydrogen-bond donors (Lipinski definition) is 1. The summed E-state index contributed by atoms with van der Waals surface area (Å²) in [4.78, 5) is 0. The molecule has 0 heterocycles. The minimum Gasteiger partial charge on any atom is -0.468 e. The number of aryl methyl sites for hydroxylation is 1. The van der Waals surface area contributed by atoms with Crippen molar-refractivity contribution in [3.05, 3.63) is 29.3 Å². The molecule has 0 radical (unpaired) electrons. The lowest BCUT2D eigenvalue weighted by Crippen LogP contribution is -2.05. The van der Waals surface area contributed by atoms with Crippen molar-refractivity contribution >= 4 is 0 Å². The van der Waals surface area contributed by atoms with Crippen LogP contribution in [0.4, 0.5) is 0 Å². The molecule has 76 valence electrons. The SMILES string of the molecule is COCOc1ccc2c(c1)CCC2N. The van der Waals surface area contributed by atoms with Crippen LogP contribution in [0, 0.1) is 0 Å². The molecule has 14 heavy (non-hydrogen) atoms. The summed E-state index contributed by atoms with van der Waals surface area (Å²) in [5, 5.41) is 0. The van der Waals surface area contributed by atoms with Crippen LogP contribution >= 0.6 is 0 Å². The van der Waals surface area contributed by atoms with Crippen molar-refractivity contribution in [3.8, 4) is 5.75 Å². The topological polar surface area (TPSA) is 44.5 Å². The maximum atomic E-state index is 5.93. The van der Waals surface area contributed by atoms with Crippen LogP contribution in [0.25, 0.3) is 0 Å². The van der Waals surface area contributed by atoms with Crippen molar-refractivity contribution in [2.24, 2.45) is 5.73 Å². The van der Waals surface area contributed by atoms with Gasteiger partial charge in [0.2, 0.25) is 0 Å². The third-order valence-electron chi connectivity index (χ3n) is 2.58. The van der Waals surface area contributed by atoms with Crippen molar-refractivity contribution in [2.45, 2.75) is 18.9 Å². The second-order valence-electron chi connectivity index (χ2n) is 3.56. The highest BCUT2D eigenvalue weighted by Gasteiger charge is 2.18. The molecular weight excluding hydrogens is 178 g/mol. The van der Waals surface area contributed by atoms with Crippen LogP contribution in [-0.4, -0.2) is 13.9 Å². The van der Waals surface area contributed by atoms with Gasteiger partial charge >= 0.3 is 0 Å². The van der Waals surface area contributed by atoms with E-state index in [4.69, 9.17) is 15.2 Å². The Morgan fingerprint density at radius 2 is 2.36 bits per heavy atom. The van der Waals surface area contributed by atoms with Gasteiger partial charge in [0.15, 0.2) is 6.79 Å². The van der Waals surface area contributed by atoms with Crippen molar-refractivity contribution in [3.63, 3.8) is 0 Å². The van der Waals surface area contributed by atoms with Crippen LogP contribution in [0.15, 0.2) is 18.2 Å². The van der Waals surface area contributed by atoms with Gasteiger partial charge in [-0.1, -0.05) is 6.07 Å². The number of methoxy groups -OCH3 is 1. The predicted molar refractivity (Wildman–Crippen MR) is 54.2 cm³/mol. The fourth-order valence-corrected chi connectivity index (χ4v) is 1.84. The third-order valence-corrected chi connectivity index (χ3v) is 2.58. The van der Waals surface area contributed by atoms with Gasteiger partial charge in [0, 0.05) is 13.2 Å². The van der Waals surface area contributed by atoms with Crippen LogP contribution in [-0.2, 0) is 11.2 Å². The molecular formula is C11H15NO2. The Hall–Kier alpha value is -1.06. The Labute approximate surface area is 83.8 Å². The van der Waals surface area contributed by atoms with E-state index in [0.717, 1.165) is 18.6 Å². The Morgan fingerprint density at radius 1 is 1.50 bits per heavy atom. The van der Waals surface area contributed by atoms with Gasteiger partial charge in [0.1, 0.15) is 5.75 Å². The minimum absolute atomic E-state index is 0.210. The van der Waals surface area contributed by atoms with E-state index in [1.807, 2.05) is 6.07 Å². The highest BCUT2D eigenvalue weighted by Crippen LogP contribution is 2.31. The first-order valence-electron chi connectivity index (χ1n) is 4.81. The molecule has 0 aromatic heterocycles. The molecule has 0 saturated carbocycles. The largest absolute Gasteiger partial charge is 0.468 e. The highest BCUT2D eigenvalue weighted by molar-refractivity contribution is 5.40. The molecule has 1 aliphatic carbocycles. The molecule has 1 atom stereocenters. The van der Waals surface area contributed by atoms with Crippen molar-refractivity contribution in [1.29, 1.82) is 0 Å². The Bertz CT molecular complexity index is 325. The van der Waals surface area contributed by atoms with Gasteiger partial charge in [-0.2, -0.15) is 0 Å². The highest BCUT2D eigenvalue weighted by atomic mass is 16.7. The maximum absolute atomic E-state index is 5.93. The smallest absolute Gasteiger partial charge is 0.188 e. The average molecular weight is 193 g/mol. The van der Waals surface area contributed by atoms with Crippen LogP contribution in [0.1, 0.15) is 23.6 Å². The molecule has 1 aromatic carbocycles. The average Bonchev–Trinajstić information content (AvgIpc) is 2.57. The van der Waals surface area contributed by atoms with Crippen LogP contribution in [0.3, 0.4) is 0 Å². The first kappa shape index (κ1) is 9.49. The zero-order valence-corrected chi connectivity index (χ0v) is 8.32. The standard InChI is InChI=1S/C11H15NO2/c1-13-7-14-9-3-4-10-8(6-9)2-5-11(10)12/h3-4,6,11H,2,5,7,12H2,1H3. The van der Waals surface area contributed by atoms with E-state index >= 15 is 0 Å². The molecule has 0 fully saturated rings. The maximum Gasteiger partial charge on any atom is 0.188 e.